The quantitative estimate of drug-likeness (QED) is 0.315. The Bertz CT molecular complexity index is 1030. The van der Waals surface area contributed by atoms with E-state index in [9.17, 15) is 9.59 Å². The van der Waals surface area contributed by atoms with E-state index in [-0.39, 0.29) is 17.2 Å². The fourth-order valence-corrected chi connectivity index (χ4v) is 2.89. The predicted molar refractivity (Wildman–Crippen MR) is 113 cm³/mol. The van der Waals surface area contributed by atoms with Crippen LogP contribution in [0.3, 0.4) is 0 Å². The van der Waals surface area contributed by atoms with E-state index in [2.05, 4.69) is 0 Å². The van der Waals surface area contributed by atoms with E-state index in [0.717, 1.165) is 5.56 Å². The molecular formula is C22H15Cl3O4. The summed E-state index contributed by atoms with van der Waals surface area (Å²) in [7, 11) is 0. The van der Waals surface area contributed by atoms with Crippen molar-refractivity contribution in [1.82, 2.24) is 0 Å². The molecule has 0 N–H and O–H groups in total. The molecule has 0 atom stereocenters. The van der Waals surface area contributed by atoms with Crippen LogP contribution in [0.4, 0.5) is 0 Å². The molecule has 0 saturated carbocycles. The number of carbonyl (C=O) groups is 2. The van der Waals surface area contributed by atoms with Crippen LogP contribution < -0.4 is 4.74 Å². The van der Waals surface area contributed by atoms with Gasteiger partial charge in [-0.3, -0.25) is 4.79 Å². The zero-order chi connectivity index (χ0) is 20.8. The molecule has 3 aromatic carbocycles. The van der Waals surface area contributed by atoms with Crippen molar-refractivity contribution in [2.45, 2.75) is 6.61 Å². The van der Waals surface area contributed by atoms with Gasteiger partial charge in [-0.2, -0.15) is 0 Å². The van der Waals surface area contributed by atoms with E-state index in [1.165, 1.54) is 18.2 Å². The van der Waals surface area contributed by atoms with Gasteiger partial charge in [-0.25, -0.2) is 4.79 Å². The minimum atomic E-state index is -0.662. The second-order valence-electron chi connectivity index (χ2n) is 6.04. The molecule has 4 nitrogen and oxygen atoms in total. The highest BCUT2D eigenvalue weighted by atomic mass is 35.5. The fraction of sp³-hybridized carbons (Fsp3) is 0.0909. The van der Waals surface area contributed by atoms with Gasteiger partial charge < -0.3 is 9.47 Å². The minimum Gasteiger partial charge on any atom is -0.488 e. The van der Waals surface area contributed by atoms with Gasteiger partial charge in [0.25, 0.3) is 0 Å². The Morgan fingerprint density at radius 1 is 0.828 bits per heavy atom. The summed E-state index contributed by atoms with van der Waals surface area (Å²) < 4.78 is 10.9. The van der Waals surface area contributed by atoms with E-state index >= 15 is 0 Å². The molecule has 0 bridgehead atoms. The molecule has 0 aliphatic carbocycles. The molecule has 7 heteroatoms. The van der Waals surface area contributed by atoms with Crippen LogP contribution in [0, 0.1) is 0 Å². The monoisotopic (exact) mass is 448 g/mol. The highest BCUT2D eigenvalue weighted by molar-refractivity contribution is 6.42. The van der Waals surface area contributed by atoms with Gasteiger partial charge in [-0.1, -0.05) is 59.1 Å². The number of rotatable bonds is 7. The van der Waals surface area contributed by atoms with Crippen LogP contribution in [0.25, 0.3) is 0 Å². The van der Waals surface area contributed by atoms with Crippen molar-refractivity contribution in [3.63, 3.8) is 0 Å². The number of benzene rings is 3. The molecule has 0 aliphatic heterocycles. The van der Waals surface area contributed by atoms with Crippen LogP contribution in [-0.2, 0) is 11.3 Å². The van der Waals surface area contributed by atoms with Gasteiger partial charge in [0.05, 0.1) is 10.0 Å². The third-order valence-electron chi connectivity index (χ3n) is 3.99. The normalized spacial score (nSPS) is 10.4. The number of carbonyl (C=O) groups excluding carboxylic acids is 2. The number of Topliss-reactive ketones (excluding diaryl/α,β-unsaturated/α-hetero) is 1. The lowest BCUT2D eigenvalue weighted by atomic mass is 10.1. The average molecular weight is 450 g/mol. The first kappa shape index (κ1) is 21.2. The third-order valence-corrected chi connectivity index (χ3v) is 4.98. The largest absolute Gasteiger partial charge is 0.488 e. The topological polar surface area (TPSA) is 52.6 Å². The van der Waals surface area contributed by atoms with Crippen molar-refractivity contribution < 1.29 is 19.1 Å². The zero-order valence-electron chi connectivity index (χ0n) is 15.0. The molecule has 0 unspecified atom stereocenters. The molecule has 3 aromatic rings. The van der Waals surface area contributed by atoms with Crippen LogP contribution in [0.5, 0.6) is 5.75 Å². The van der Waals surface area contributed by atoms with Crippen LogP contribution in [0.15, 0.2) is 66.7 Å². The molecule has 0 spiro atoms. The molecule has 148 valence electrons. The average Bonchev–Trinajstić information content (AvgIpc) is 2.73. The van der Waals surface area contributed by atoms with Gasteiger partial charge in [0, 0.05) is 10.6 Å². The maximum atomic E-state index is 12.5. The second kappa shape index (κ2) is 9.79. The van der Waals surface area contributed by atoms with Crippen LogP contribution >= 0.6 is 34.8 Å². The first-order valence-corrected chi connectivity index (χ1v) is 9.69. The molecule has 29 heavy (non-hydrogen) atoms. The first-order valence-electron chi connectivity index (χ1n) is 8.55. The number of halogens is 3. The number of ketones is 1. The van der Waals surface area contributed by atoms with Gasteiger partial charge in [0.2, 0.25) is 0 Å². The smallest absolute Gasteiger partial charge is 0.342 e. The number of hydrogen-bond donors (Lipinski definition) is 0. The fourth-order valence-electron chi connectivity index (χ4n) is 2.46. The molecule has 0 heterocycles. The number of hydrogen-bond acceptors (Lipinski definition) is 4. The zero-order valence-corrected chi connectivity index (χ0v) is 17.3. The van der Waals surface area contributed by atoms with E-state index in [1.807, 2.05) is 12.1 Å². The van der Waals surface area contributed by atoms with Gasteiger partial charge in [-0.15, -0.1) is 0 Å². The molecule has 0 fully saturated rings. The predicted octanol–water partition coefficient (Wildman–Crippen LogP) is 6.27. The molecular weight excluding hydrogens is 435 g/mol. The highest BCUT2D eigenvalue weighted by Gasteiger charge is 2.16. The Kier molecular flexibility index (Phi) is 7.15. The van der Waals surface area contributed by atoms with E-state index in [1.54, 1.807) is 36.4 Å². The first-order chi connectivity index (χ1) is 13.9. The Labute approximate surface area is 182 Å². The SMILES string of the molecule is O=C(COC(=O)c1ccccc1OCc1ccc(Cl)cc1)c1ccc(Cl)c(Cl)c1. The minimum absolute atomic E-state index is 0.225. The Balaban J connectivity index is 1.63. The molecule has 0 aliphatic rings. The van der Waals surface area contributed by atoms with Crippen LogP contribution in [-0.4, -0.2) is 18.4 Å². The lowest BCUT2D eigenvalue weighted by Crippen LogP contribution is -2.15. The van der Waals surface area contributed by atoms with Crippen molar-refractivity contribution in [1.29, 1.82) is 0 Å². The Morgan fingerprint density at radius 3 is 2.28 bits per heavy atom. The highest BCUT2D eigenvalue weighted by Crippen LogP contribution is 2.24. The summed E-state index contributed by atoms with van der Waals surface area (Å²) in [6, 6.07) is 18.3. The lowest BCUT2D eigenvalue weighted by molar-refractivity contribution is 0.0470. The van der Waals surface area contributed by atoms with Gasteiger partial charge in [0.1, 0.15) is 17.9 Å². The summed E-state index contributed by atoms with van der Waals surface area (Å²) in [6.45, 7) is -0.175. The number of ether oxygens (including phenoxy) is 2. The summed E-state index contributed by atoms with van der Waals surface area (Å²) in [5.41, 5.74) is 1.43. The van der Waals surface area contributed by atoms with Crippen LogP contribution in [0.2, 0.25) is 15.1 Å². The lowest BCUT2D eigenvalue weighted by Gasteiger charge is -2.11. The second-order valence-corrected chi connectivity index (χ2v) is 7.29. The van der Waals surface area contributed by atoms with Gasteiger partial charge in [0.15, 0.2) is 12.4 Å². The summed E-state index contributed by atoms with van der Waals surface area (Å²) in [5.74, 6) is -0.698. The van der Waals surface area contributed by atoms with Crippen LogP contribution in [0.1, 0.15) is 26.3 Å². The molecule has 0 aromatic heterocycles. The molecule has 0 saturated heterocycles. The number of para-hydroxylation sites is 1. The van der Waals surface area contributed by atoms with E-state index in [4.69, 9.17) is 44.3 Å². The van der Waals surface area contributed by atoms with E-state index < -0.39 is 18.4 Å². The van der Waals surface area contributed by atoms with Crippen molar-refractivity contribution in [3.05, 3.63) is 98.5 Å². The van der Waals surface area contributed by atoms with Gasteiger partial charge in [-0.05, 0) is 48.0 Å². The summed E-state index contributed by atoms with van der Waals surface area (Å²) in [6.07, 6.45) is 0. The van der Waals surface area contributed by atoms with Crippen molar-refractivity contribution in [2.24, 2.45) is 0 Å². The van der Waals surface area contributed by atoms with Crippen molar-refractivity contribution in [3.8, 4) is 5.75 Å². The standard InChI is InChI=1S/C22H15Cl3O4/c23-16-8-5-14(6-9-16)12-28-21-4-2-1-3-17(21)22(27)29-13-20(26)15-7-10-18(24)19(25)11-15/h1-11H,12-13H2. The maximum absolute atomic E-state index is 12.5. The van der Waals surface area contributed by atoms with E-state index in [0.29, 0.717) is 21.4 Å². The summed E-state index contributed by atoms with van der Waals surface area (Å²) >= 11 is 17.6. The number of esters is 1. The van der Waals surface area contributed by atoms with Crippen molar-refractivity contribution in [2.75, 3.05) is 6.61 Å². The van der Waals surface area contributed by atoms with Crippen molar-refractivity contribution >= 4 is 46.6 Å². The molecule has 3 rings (SSSR count). The molecule has 0 amide bonds. The summed E-state index contributed by atoms with van der Waals surface area (Å²) in [5, 5.41) is 1.22. The van der Waals surface area contributed by atoms with Gasteiger partial charge >= 0.3 is 5.97 Å². The summed E-state index contributed by atoms with van der Waals surface area (Å²) in [4.78, 5) is 24.7. The maximum Gasteiger partial charge on any atom is 0.342 e. The Morgan fingerprint density at radius 2 is 1.55 bits per heavy atom. The molecule has 0 radical (unpaired) electrons. The Hall–Kier alpha value is -2.53. The third kappa shape index (κ3) is 5.73.